The number of aromatic nitrogens is 1. The maximum atomic E-state index is 12.4. The second-order valence-corrected chi connectivity index (χ2v) is 5.63. The fourth-order valence-electron chi connectivity index (χ4n) is 2.43. The molecular weight excluding hydrogens is 325 g/mol. The molecule has 3 rings (SSSR count). The number of hydrogen-bond acceptors (Lipinski definition) is 4. The van der Waals surface area contributed by atoms with Crippen molar-refractivity contribution in [3.8, 4) is 11.3 Å². The van der Waals surface area contributed by atoms with Crippen LogP contribution < -0.4 is 5.32 Å². The van der Waals surface area contributed by atoms with Crippen molar-refractivity contribution in [2.75, 3.05) is 19.6 Å². The number of amides is 1. The van der Waals surface area contributed by atoms with E-state index in [0.717, 1.165) is 12.1 Å². The first kappa shape index (κ1) is 16.8. The lowest BCUT2D eigenvalue weighted by molar-refractivity contribution is 0.0698. The van der Waals surface area contributed by atoms with Crippen LogP contribution in [0.4, 0.5) is 0 Å². The third-order valence-corrected chi connectivity index (χ3v) is 3.73. The van der Waals surface area contributed by atoms with Gasteiger partial charge in [0.2, 0.25) is 0 Å². The van der Waals surface area contributed by atoms with Crippen LogP contribution in [0.2, 0.25) is 5.02 Å². The van der Waals surface area contributed by atoms with Gasteiger partial charge in [0, 0.05) is 42.3 Å². The molecule has 5 nitrogen and oxygen atoms in total. The maximum absolute atomic E-state index is 12.4. The standard InChI is InChI=1S/C15H16ClN3O2.ClH/c1-10-9-19(6-5-17-10)15(20)13-8-14(21-18-13)11-3-2-4-12(16)7-11;/h2-4,7-8,10,17H,5-6,9H2,1H3;1H. The number of rotatable bonds is 2. The van der Waals surface area contributed by atoms with Gasteiger partial charge in [0.1, 0.15) is 0 Å². The van der Waals surface area contributed by atoms with Crippen LogP contribution in [-0.2, 0) is 0 Å². The molecule has 118 valence electrons. The first-order chi connectivity index (χ1) is 10.1. The number of benzene rings is 1. The molecule has 1 unspecified atom stereocenters. The van der Waals surface area contributed by atoms with Gasteiger partial charge >= 0.3 is 0 Å². The third kappa shape index (κ3) is 3.61. The lowest BCUT2D eigenvalue weighted by Crippen LogP contribution is -2.51. The summed E-state index contributed by atoms with van der Waals surface area (Å²) >= 11 is 5.96. The number of piperazine rings is 1. The van der Waals surface area contributed by atoms with E-state index in [1.54, 1.807) is 23.1 Å². The van der Waals surface area contributed by atoms with E-state index in [-0.39, 0.29) is 18.3 Å². The van der Waals surface area contributed by atoms with E-state index in [4.69, 9.17) is 16.1 Å². The van der Waals surface area contributed by atoms with Crippen molar-refractivity contribution >= 4 is 29.9 Å². The Morgan fingerprint density at radius 2 is 2.27 bits per heavy atom. The molecule has 0 bridgehead atoms. The highest BCUT2D eigenvalue weighted by Gasteiger charge is 2.24. The number of hydrogen-bond donors (Lipinski definition) is 1. The Hall–Kier alpha value is -1.56. The van der Waals surface area contributed by atoms with Crippen molar-refractivity contribution in [1.29, 1.82) is 0 Å². The van der Waals surface area contributed by atoms with E-state index < -0.39 is 0 Å². The molecule has 1 atom stereocenters. The molecule has 1 aliphatic rings. The molecular formula is C15H17Cl2N3O2. The predicted octanol–water partition coefficient (Wildman–Crippen LogP) is 2.85. The average molecular weight is 342 g/mol. The van der Waals surface area contributed by atoms with Crippen LogP contribution in [0.15, 0.2) is 34.9 Å². The summed E-state index contributed by atoms with van der Waals surface area (Å²) in [6, 6.07) is 9.23. The van der Waals surface area contributed by atoms with Crippen LogP contribution in [-0.4, -0.2) is 41.6 Å². The summed E-state index contributed by atoms with van der Waals surface area (Å²) in [6.45, 7) is 4.21. The van der Waals surface area contributed by atoms with E-state index in [1.165, 1.54) is 0 Å². The molecule has 2 aromatic rings. The highest BCUT2D eigenvalue weighted by Crippen LogP contribution is 2.24. The van der Waals surface area contributed by atoms with Gasteiger partial charge in [0.05, 0.1) is 0 Å². The normalized spacial score (nSPS) is 17.9. The fraction of sp³-hybridized carbons (Fsp3) is 0.333. The predicted molar refractivity (Wildman–Crippen MR) is 87.6 cm³/mol. The molecule has 1 amide bonds. The van der Waals surface area contributed by atoms with E-state index in [2.05, 4.69) is 17.4 Å². The van der Waals surface area contributed by atoms with Crippen LogP contribution in [0.3, 0.4) is 0 Å². The summed E-state index contributed by atoms with van der Waals surface area (Å²) in [5, 5.41) is 7.81. The van der Waals surface area contributed by atoms with Crippen LogP contribution >= 0.6 is 24.0 Å². The molecule has 0 spiro atoms. The quantitative estimate of drug-likeness (QED) is 0.912. The van der Waals surface area contributed by atoms with Gasteiger partial charge in [-0.05, 0) is 19.1 Å². The first-order valence-electron chi connectivity index (χ1n) is 6.89. The van der Waals surface area contributed by atoms with E-state index in [1.807, 2.05) is 12.1 Å². The second kappa shape index (κ2) is 7.13. The summed E-state index contributed by atoms with van der Waals surface area (Å²) in [7, 11) is 0. The number of nitrogens with one attached hydrogen (secondary N) is 1. The van der Waals surface area contributed by atoms with Crippen molar-refractivity contribution in [2.24, 2.45) is 0 Å². The minimum absolute atomic E-state index is 0. The molecule has 0 radical (unpaired) electrons. The number of carbonyl (C=O) groups excluding carboxylic acids is 1. The summed E-state index contributed by atoms with van der Waals surface area (Å²) in [6.07, 6.45) is 0. The average Bonchev–Trinajstić information content (AvgIpc) is 2.96. The van der Waals surface area contributed by atoms with Crippen LogP contribution in [0.1, 0.15) is 17.4 Å². The molecule has 7 heteroatoms. The second-order valence-electron chi connectivity index (χ2n) is 5.19. The van der Waals surface area contributed by atoms with Gasteiger partial charge in [0.15, 0.2) is 11.5 Å². The lowest BCUT2D eigenvalue weighted by Gasteiger charge is -2.31. The lowest BCUT2D eigenvalue weighted by atomic mass is 10.1. The van der Waals surface area contributed by atoms with Crippen LogP contribution in [0.25, 0.3) is 11.3 Å². The zero-order valence-electron chi connectivity index (χ0n) is 12.1. The highest BCUT2D eigenvalue weighted by atomic mass is 35.5. The van der Waals surface area contributed by atoms with E-state index >= 15 is 0 Å². The van der Waals surface area contributed by atoms with Crippen molar-refractivity contribution in [3.05, 3.63) is 41.0 Å². The molecule has 1 saturated heterocycles. The Bertz CT molecular complexity index is 660. The SMILES string of the molecule is CC1CN(C(=O)c2cc(-c3cccc(Cl)c3)on2)CCN1.Cl. The molecule has 1 N–H and O–H groups in total. The van der Waals surface area contributed by atoms with E-state index in [0.29, 0.717) is 35.6 Å². The monoisotopic (exact) mass is 341 g/mol. The van der Waals surface area contributed by atoms with Crippen molar-refractivity contribution in [3.63, 3.8) is 0 Å². The smallest absolute Gasteiger partial charge is 0.276 e. The first-order valence-corrected chi connectivity index (χ1v) is 7.26. The largest absolute Gasteiger partial charge is 0.355 e. The van der Waals surface area contributed by atoms with Gasteiger partial charge < -0.3 is 14.7 Å². The Kier molecular flexibility index (Phi) is 5.45. The molecule has 1 fully saturated rings. The zero-order valence-corrected chi connectivity index (χ0v) is 13.7. The van der Waals surface area contributed by atoms with Gasteiger partial charge in [-0.15, -0.1) is 12.4 Å². The van der Waals surface area contributed by atoms with Crippen molar-refractivity contribution < 1.29 is 9.32 Å². The molecule has 22 heavy (non-hydrogen) atoms. The number of halogens is 2. The Labute approximate surface area is 140 Å². The maximum Gasteiger partial charge on any atom is 0.276 e. The van der Waals surface area contributed by atoms with Gasteiger partial charge in [-0.2, -0.15) is 0 Å². The molecule has 0 aliphatic carbocycles. The Balaban J connectivity index is 0.00000176. The Morgan fingerprint density at radius 1 is 1.45 bits per heavy atom. The summed E-state index contributed by atoms with van der Waals surface area (Å²) in [5.74, 6) is 0.449. The van der Waals surface area contributed by atoms with Gasteiger partial charge in [-0.3, -0.25) is 4.79 Å². The summed E-state index contributed by atoms with van der Waals surface area (Å²) < 4.78 is 5.27. The molecule has 1 aromatic carbocycles. The van der Waals surface area contributed by atoms with Crippen LogP contribution in [0, 0.1) is 0 Å². The summed E-state index contributed by atoms with van der Waals surface area (Å²) in [4.78, 5) is 14.2. The minimum atomic E-state index is -0.0969. The third-order valence-electron chi connectivity index (χ3n) is 3.49. The van der Waals surface area contributed by atoms with Crippen LogP contribution in [0.5, 0.6) is 0 Å². The van der Waals surface area contributed by atoms with Crippen molar-refractivity contribution in [2.45, 2.75) is 13.0 Å². The Morgan fingerprint density at radius 3 is 3.00 bits per heavy atom. The van der Waals surface area contributed by atoms with Gasteiger partial charge in [-0.25, -0.2) is 0 Å². The molecule has 1 aliphatic heterocycles. The fourth-order valence-corrected chi connectivity index (χ4v) is 2.62. The van der Waals surface area contributed by atoms with Crippen molar-refractivity contribution in [1.82, 2.24) is 15.4 Å². The molecule has 2 heterocycles. The molecule has 0 saturated carbocycles. The van der Waals surface area contributed by atoms with Gasteiger partial charge in [0.25, 0.3) is 5.91 Å². The number of nitrogens with zero attached hydrogens (tertiary/aromatic N) is 2. The minimum Gasteiger partial charge on any atom is -0.355 e. The summed E-state index contributed by atoms with van der Waals surface area (Å²) in [5.41, 5.74) is 1.14. The van der Waals surface area contributed by atoms with Gasteiger partial charge in [-0.1, -0.05) is 28.9 Å². The topological polar surface area (TPSA) is 58.4 Å². The van der Waals surface area contributed by atoms with E-state index in [9.17, 15) is 4.79 Å². The zero-order chi connectivity index (χ0) is 14.8. The molecule has 1 aromatic heterocycles. The highest BCUT2D eigenvalue weighted by molar-refractivity contribution is 6.30. The number of carbonyl (C=O) groups is 1.